The van der Waals surface area contributed by atoms with Crippen molar-refractivity contribution >= 4 is 11.8 Å². The molecule has 1 fully saturated rings. The summed E-state index contributed by atoms with van der Waals surface area (Å²) in [6, 6.07) is 57.4. The van der Waals surface area contributed by atoms with Crippen LogP contribution in [0.5, 0.6) is 0 Å². The molecule has 1 aliphatic rings. The fourth-order valence-corrected chi connectivity index (χ4v) is 9.74. The van der Waals surface area contributed by atoms with Crippen molar-refractivity contribution in [2.24, 2.45) is 5.41 Å². The minimum atomic E-state index is -5.12. The van der Waals surface area contributed by atoms with Gasteiger partial charge in [-0.05, 0) is 60.1 Å². The lowest BCUT2D eigenvalue weighted by Crippen LogP contribution is -2.63. The van der Waals surface area contributed by atoms with Gasteiger partial charge in [-0.3, -0.25) is 9.59 Å². The Kier molecular flexibility index (Phi) is 22.8. The number of amides is 2. The third kappa shape index (κ3) is 19.2. The van der Waals surface area contributed by atoms with Gasteiger partial charge in [0.25, 0.3) is 0 Å². The van der Waals surface area contributed by atoms with Crippen LogP contribution in [0.4, 0.5) is 13.2 Å². The molecule has 422 valence electrons. The van der Waals surface area contributed by atoms with Crippen molar-refractivity contribution in [3.63, 3.8) is 0 Å². The van der Waals surface area contributed by atoms with Crippen molar-refractivity contribution in [1.82, 2.24) is 10.6 Å². The SMILES string of the molecule is CC[C@@H](OCc1ccccc1)[C@@H](OCc1ccccc1)[C@H](COC1OC(COCc2ccccc2)C(OCc2ccccc2)C(OCc2ccccc2)C1OCc1ccccc1)NC(=O)C(C)(C)CC(C)(C)NC(=O)C(F)(F)F. The minimum absolute atomic E-state index is 0.0634. The summed E-state index contributed by atoms with van der Waals surface area (Å²) in [5.41, 5.74) is 2.66. The molecule has 5 unspecified atom stereocenters. The maximum Gasteiger partial charge on any atom is 0.471 e. The number of nitrogens with one attached hydrogen (secondary N) is 2. The number of rotatable bonds is 30. The third-order valence-electron chi connectivity index (χ3n) is 13.6. The van der Waals surface area contributed by atoms with Crippen molar-refractivity contribution in [1.29, 1.82) is 0 Å². The van der Waals surface area contributed by atoms with E-state index < -0.39 is 77.9 Å². The molecule has 1 heterocycles. The quantitative estimate of drug-likeness (QED) is 0.0449. The number of carbonyl (C=O) groups excluding carboxylic acids is 2. The first-order chi connectivity index (χ1) is 38.1. The molecule has 0 aliphatic carbocycles. The van der Waals surface area contributed by atoms with Crippen molar-refractivity contribution in [3.05, 3.63) is 215 Å². The summed E-state index contributed by atoms with van der Waals surface area (Å²) in [6.45, 7) is 9.10. The Morgan fingerprint density at radius 1 is 0.519 bits per heavy atom. The number of halogens is 3. The van der Waals surface area contributed by atoms with Crippen molar-refractivity contribution in [2.75, 3.05) is 13.2 Å². The molecule has 0 radical (unpaired) electrons. The molecule has 7 rings (SSSR count). The van der Waals surface area contributed by atoms with Crippen LogP contribution >= 0.6 is 0 Å². The first-order valence-electron chi connectivity index (χ1n) is 26.9. The molecule has 0 aromatic heterocycles. The topological polar surface area (TPSA) is 132 Å². The van der Waals surface area contributed by atoms with E-state index >= 15 is 0 Å². The number of alkyl halides is 3. The summed E-state index contributed by atoms with van der Waals surface area (Å²) in [7, 11) is 0. The van der Waals surface area contributed by atoms with Crippen molar-refractivity contribution in [2.45, 2.75) is 148 Å². The molecule has 6 aromatic rings. The van der Waals surface area contributed by atoms with Gasteiger partial charge in [0.15, 0.2) is 6.29 Å². The van der Waals surface area contributed by atoms with Gasteiger partial charge in [-0.25, -0.2) is 0 Å². The lowest BCUT2D eigenvalue weighted by molar-refractivity contribution is -0.330. The van der Waals surface area contributed by atoms with Gasteiger partial charge in [0.05, 0.1) is 65.0 Å². The van der Waals surface area contributed by atoms with Gasteiger partial charge < -0.3 is 48.5 Å². The van der Waals surface area contributed by atoms with Gasteiger partial charge in [0.2, 0.25) is 5.91 Å². The fraction of sp³-hybridized carbons (Fsp3) is 0.406. The summed E-state index contributed by atoms with van der Waals surface area (Å²) in [5, 5.41) is 5.29. The standard InChI is InChI=1S/C64H75F3N2O10/c1-6-53(73-38-47-27-15-8-16-28-47)55(74-39-48-29-17-9-18-30-48)52(68-60(70)62(2,3)45-63(4,5)69-61(71)64(65,66)67)43-78-59-58(77-42-51-35-23-12-24-36-51)57(76-41-50-33-21-11-22-34-50)56(75-40-49-31-19-10-20-32-49)54(79-59)44-72-37-46-25-13-7-14-26-46/h7-36,52-59H,6,37-45H2,1-5H3,(H,68,70)(H,69,71)/t52-,53+,54?,55-,56?,57?,58?,59?/m0/s1. The van der Waals surface area contributed by atoms with E-state index in [1.165, 1.54) is 13.8 Å². The maximum absolute atomic E-state index is 15.0. The van der Waals surface area contributed by atoms with E-state index in [0.29, 0.717) is 6.42 Å². The van der Waals surface area contributed by atoms with Gasteiger partial charge in [0.1, 0.15) is 30.5 Å². The molecule has 0 saturated carbocycles. The number of hydrogen-bond acceptors (Lipinski definition) is 10. The molecule has 1 aliphatic heterocycles. The van der Waals surface area contributed by atoms with E-state index in [-0.39, 0.29) is 59.3 Å². The average Bonchev–Trinajstić information content (AvgIpc) is 3.59. The van der Waals surface area contributed by atoms with Crippen LogP contribution in [0.3, 0.4) is 0 Å². The lowest BCUT2D eigenvalue weighted by atomic mass is 9.79. The monoisotopic (exact) mass is 1090 g/mol. The predicted molar refractivity (Wildman–Crippen MR) is 295 cm³/mol. The molecule has 0 spiro atoms. The van der Waals surface area contributed by atoms with Gasteiger partial charge >= 0.3 is 12.1 Å². The molecule has 2 N–H and O–H groups in total. The smallest absolute Gasteiger partial charge is 0.374 e. The van der Waals surface area contributed by atoms with E-state index in [1.54, 1.807) is 13.8 Å². The van der Waals surface area contributed by atoms with Crippen LogP contribution in [0.15, 0.2) is 182 Å². The van der Waals surface area contributed by atoms with Gasteiger partial charge in [-0.1, -0.05) is 203 Å². The van der Waals surface area contributed by atoms with E-state index in [2.05, 4.69) is 10.6 Å². The summed E-state index contributed by atoms with van der Waals surface area (Å²) in [4.78, 5) is 27.2. The minimum Gasteiger partial charge on any atom is -0.374 e. The highest BCUT2D eigenvalue weighted by Gasteiger charge is 2.50. The predicted octanol–water partition coefficient (Wildman–Crippen LogP) is 11.6. The van der Waals surface area contributed by atoms with E-state index in [0.717, 1.165) is 33.4 Å². The van der Waals surface area contributed by atoms with Crippen LogP contribution in [-0.2, 0) is 87.1 Å². The van der Waals surface area contributed by atoms with Gasteiger partial charge in [-0.2, -0.15) is 13.2 Å². The lowest BCUT2D eigenvalue weighted by Gasteiger charge is -2.46. The summed E-state index contributed by atoms with van der Waals surface area (Å²) in [6.07, 6.45) is -10.9. The van der Waals surface area contributed by atoms with Crippen LogP contribution < -0.4 is 10.6 Å². The normalized spacial score (nSPS) is 19.0. The van der Waals surface area contributed by atoms with Crippen LogP contribution in [0.25, 0.3) is 0 Å². The highest BCUT2D eigenvalue weighted by Crippen LogP contribution is 2.34. The number of benzene rings is 6. The highest BCUT2D eigenvalue weighted by molar-refractivity contribution is 5.84. The Balaban J connectivity index is 1.28. The summed E-state index contributed by atoms with van der Waals surface area (Å²) in [5.74, 6) is -2.64. The van der Waals surface area contributed by atoms with E-state index in [4.69, 9.17) is 37.9 Å². The molecule has 0 bridgehead atoms. The molecule has 2 amide bonds. The van der Waals surface area contributed by atoms with Crippen molar-refractivity contribution < 1.29 is 60.7 Å². The average molecular weight is 1090 g/mol. The maximum atomic E-state index is 15.0. The molecule has 1 saturated heterocycles. The van der Waals surface area contributed by atoms with E-state index in [1.807, 2.05) is 189 Å². The molecular formula is C64H75F3N2O10. The zero-order valence-corrected chi connectivity index (χ0v) is 45.7. The van der Waals surface area contributed by atoms with Crippen LogP contribution in [0.1, 0.15) is 80.8 Å². The highest BCUT2D eigenvalue weighted by atomic mass is 19.4. The zero-order chi connectivity index (χ0) is 56.1. The number of hydrogen-bond donors (Lipinski definition) is 2. The fourth-order valence-electron chi connectivity index (χ4n) is 9.74. The van der Waals surface area contributed by atoms with Gasteiger partial charge in [0, 0.05) is 11.0 Å². The summed E-state index contributed by atoms with van der Waals surface area (Å²) < 4.78 is 95.7. The first-order valence-corrected chi connectivity index (χ1v) is 26.9. The second-order valence-corrected chi connectivity index (χ2v) is 21.1. The van der Waals surface area contributed by atoms with Gasteiger partial charge in [-0.15, -0.1) is 0 Å². The Morgan fingerprint density at radius 3 is 1.37 bits per heavy atom. The third-order valence-corrected chi connectivity index (χ3v) is 13.6. The molecule has 6 aromatic carbocycles. The first kappa shape index (κ1) is 60.4. The van der Waals surface area contributed by atoms with Crippen molar-refractivity contribution in [3.8, 4) is 0 Å². The number of carbonyl (C=O) groups is 2. The Labute approximate surface area is 463 Å². The van der Waals surface area contributed by atoms with Crippen LogP contribution in [-0.4, -0.2) is 85.7 Å². The largest absolute Gasteiger partial charge is 0.471 e. The molecule has 8 atom stereocenters. The molecule has 15 heteroatoms. The van der Waals surface area contributed by atoms with Crippen LogP contribution in [0.2, 0.25) is 0 Å². The second kappa shape index (κ2) is 29.8. The Morgan fingerprint density at radius 2 is 0.924 bits per heavy atom. The second-order valence-electron chi connectivity index (χ2n) is 21.1. The molecule has 12 nitrogen and oxygen atoms in total. The van der Waals surface area contributed by atoms with E-state index in [9.17, 15) is 22.8 Å². The molecule has 79 heavy (non-hydrogen) atoms. The molecular weight excluding hydrogens is 1010 g/mol. The van der Waals surface area contributed by atoms with Crippen LogP contribution in [0, 0.1) is 5.41 Å². The Hall–Kier alpha value is -6.27. The Bertz CT molecular complexity index is 2690. The number of ether oxygens (including phenoxy) is 8. The summed E-state index contributed by atoms with van der Waals surface area (Å²) >= 11 is 0. The zero-order valence-electron chi connectivity index (χ0n) is 45.7.